The van der Waals surface area contributed by atoms with Gasteiger partial charge in [0.1, 0.15) is 30.0 Å². The Morgan fingerprint density at radius 2 is 0.543 bits per heavy atom. The van der Waals surface area contributed by atoms with Crippen molar-refractivity contribution in [3.63, 3.8) is 0 Å². The molecule has 5 fully saturated rings. The topological polar surface area (TPSA) is 214 Å². The quantitative estimate of drug-likeness (QED) is 0.0182. The summed E-state index contributed by atoms with van der Waals surface area (Å²) in [5.41, 5.74) is 1.97. The lowest BCUT2D eigenvalue weighted by Gasteiger charge is -2.06. The van der Waals surface area contributed by atoms with Gasteiger partial charge in [-0.15, -0.1) is 0 Å². The Balaban J connectivity index is -0.000000549. The Morgan fingerprint density at radius 1 is 0.324 bits per heavy atom. The molecule has 5 rings (SSSR count). The summed E-state index contributed by atoms with van der Waals surface area (Å²) < 4.78 is 72.0. The van der Waals surface area contributed by atoms with Crippen LogP contribution in [0.5, 0.6) is 0 Å². The van der Waals surface area contributed by atoms with Gasteiger partial charge in [-0.25, -0.2) is 19.2 Å². The molecule has 0 aromatic carbocycles. The monoisotopic (exact) mass is 1500 g/mol. The first kappa shape index (κ1) is 108. The normalized spacial score (nSPS) is 17.6. The van der Waals surface area contributed by atoms with Crippen LogP contribution in [-0.2, 0) is 85.5 Å². The highest BCUT2D eigenvalue weighted by Crippen LogP contribution is 2.26. The van der Waals surface area contributed by atoms with Crippen molar-refractivity contribution in [3.05, 3.63) is 48.6 Å². The van der Waals surface area contributed by atoms with Crippen LogP contribution in [-0.4, -0.2) is 179 Å². The Labute approximate surface area is 645 Å². The molecule has 105 heavy (non-hydrogen) atoms. The molecule has 0 aromatic heterocycles. The smallest absolute Gasteiger partial charge is 0.333 e. The van der Waals surface area contributed by atoms with Crippen molar-refractivity contribution in [2.45, 2.75) is 371 Å². The van der Waals surface area contributed by atoms with Crippen molar-refractivity contribution in [1.29, 1.82) is 0 Å². The molecule has 0 spiro atoms. The lowest BCUT2D eigenvalue weighted by Crippen LogP contribution is -2.14. The fraction of sp³-hybridized carbons (Fsp3) is 0.862. The minimum Gasteiger partial charge on any atom is -0.462 e. The van der Waals surface area contributed by atoms with E-state index in [4.69, 9.17) is 66.3 Å². The molecule has 0 bridgehead atoms. The molecular weight excluding hydrogens is 1330 g/mol. The number of carbonyl (C=O) groups is 4. The van der Waals surface area contributed by atoms with Crippen LogP contribution in [0.15, 0.2) is 48.6 Å². The van der Waals surface area contributed by atoms with Crippen LogP contribution < -0.4 is 0 Å². The van der Waals surface area contributed by atoms with Crippen LogP contribution in [0.25, 0.3) is 0 Å². The fourth-order valence-corrected chi connectivity index (χ4v) is 8.67. The summed E-state index contributed by atoms with van der Waals surface area (Å²) in [6.45, 7) is 58.6. The molecule has 5 aliphatic rings. The fourth-order valence-electron chi connectivity index (χ4n) is 8.67. The molecule has 6 unspecified atom stereocenters. The Kier molecular flexibility index (Phi) is 85.1. The zero-order valence-corrected chi connectivity index (χ0v) is 70.7. The molecule has 0 amide bonds. The van der Waals surface area contributed by atoms with E-state index in [1.165, 1.54) is 167 Å². The highest BCUT2D eigenvalue weighted by molar-refractivity contribution is 5.88. The van der Waals surface area contributed by atoms with Gasteiger partial charge in [-0.1, -0.05) is 262 Å². The molecule has 18 heteroatoms. The van der Waals surface area contributed by atoms with Gasteiger partial charge < -0.3 is 66.3 Å². The summed E-state index contributed by atoms with van der Waals surface area (Å²) >= 11 is 0. The van der Waals surface area contributed by atoms with E-state index in [-0.39, 0.29) is 29.5 Å². The number of unbranched alkanes of at least 4 members (excludes halogenated alkanes) is 27. The number of ether oxygens (including phenoxy) is 14. The molecule has 0 aromatic rings. The maximum Gasteiger partial charge on any atom is 0.333 e. The van der Waals surface area contributed by atoms with E-state index in [0.717, 1.165) is 157 Å². The van der Waals surface area contributed by atoms with E-state index in [1.807, 2.05) is 0 Å². The van der Waals surface area contributed by atoms with E-state index >= 15 is 0 Å². The first-order chi connectivity index (χ1) is 50.6. The van der Waals surface area contributed by atoms with Gasteiger partial charge in [0.05, 0.1) is 92.0 Å². The molecular formula is C87H166O18. The Morgan fingerprint density at radius 3 is 0.810 bits per heavy atom. The van der Waals surface area contributed by atoms with Crippen molar-refractivity contribution in [1.82, 2.24) is 0 Å². The number of rotatable bonds is 59. The summed E-state index contributed by atoms with van der Waals surface area (Å²) in [7, 11) is 0. The summed E-state index contributed by atoms with van der Waals surface area (Å²) in [6, 6.07) is 0. The van der Waals surface area contributed by atoms with E-state index in [2.05, 4.69) is 102 Å². The van der Waals surface area contributed by atoms with Crippen LogP contribution in [0, 0.1) is 0 Å². The van der Waals surface area contributed by atoms with Crippen LogP contribution in [0.2, 0.25) is 0 Å². The SMILES string of the molecule is C=C(C)C(=O)OCCCC.C=C(C)C(=O)OCCCCC.C=C(C)C(=O)OCCCCCC.C=C(C)C(=O)OCCCCCCC.CCCCCCCCCOCC1(C)CO1.CCCCCCCCOCC1CO1.CCCCCCCOCC1CO1.CCCCCOCC1OC1C.CCCOCC1CO1. The molecule has 0 radical (unpaired) electrons. The molecule has 622 valence electrons. The predicted octanol–water partition coefficient (Wildman–Crippen LogP) is 21.4. The summed E-state index contributed by atoms with van der Waals surface area (Å²) in [5.74, 6) is -1.10. The molecule has 0 N–H and O–H groups in total. The maximum absolute atomic E-state index is 10.9. The highest BCUT2D eigenvalue weighted by atomic mass is 16.6. The lowest BCUT2D eigenvalue weighted by molar-refractivity contribution is -0.139. The first-order valence-electron chi connectivity index (χ1n) is 42.0. The molecule has 5 heterocycles. The molecule has 18 nitrogen and oxygen atoms in total. The van der Waals surface area contributed by atoms with Gasteiger partial charge in [-0.3, -0.25) is 0 Å². The van der Waals surface area contributed by atoms with Gasteiger partial charge in [0.15, 0.2) is 0 Å². The number of carbonyl (C=O) groups excluding carboxylic acids is 4. The van der Waals surface area contributed by atoms with Gasteiger partial charge in [0.2, 0.25) is 0 Å². The van der Waals surface area contributed by atoms with E-state index in [0.29, 0.717) is 79.2 Å². The Bertz CT molecular complexity index is 1960. The molecule has 0 saturated carbocycles. The van der Waals surface area contributed by atoms with E-state index in [9.17, 15) is 19.2 Å². The molecule has 5 aliphatic heterocycles. The van der Waals surface area contributed by atoms with E-state index in [1.54, 1.807) is 27.7 Å². The molecule has 6 atom stereocenters. The molecule has 5 saturated heterocycles. The highest BCUT2D eigenvalue weighted by Gasteiger charge is 2.39. The van der Waals surface area contributed by atoms with Crippen LogP contribution in [0.1, 0.15) is 335 Å². The average Bonchev–Trinajstić information content (AvgIpc) is 1.70. The second-order valence-electron chi connectivity index (χ2n) is 28.5. The number of epoxide rings is 5. The van der Waals surface area contributed by atoms with Crippen molar-refractivity contribution in [3.8, 4) is 0 Å². The second kappa shape index (κ2) is 82.9. The zero-order chi connectivity index (χ0) is 79.1. The second-order valence-corrected chi connectivity index (χ2v) is 28.5. The lowest BCUT2D eigenvalue weighted by atomic mass is 10.1. The number of hydrogen-bond acceptors (Lipinski definition) is 18. The van der Waals surface area contributed by atoms with Crippen LogP contribution in [0.3, 0.4) is 0 Å². The third kappa shape index (κ3) is 94.6. The number of esters is 4. The number of hydrogen-bond donors (Lipinski definition) is 0. The van der Waals surface area contributed by atoms with Crippen molar-refractivity contribution < 1.29 is 85.5 Å². The maximum atomic E-state index is 10.9. The Hall–Kier alpha value is -3.56. The average molecular weight is 1500 g/mol. The summed E-state index contributed by atoms with van der Waals surface area (Å²) in [6.07, 6.45) is 46.6. The van der Waals surface area contributed by atoms with Crippen LogP contribution in [0.4, 0.5) is 0 Å². The minimum atomic E-state index is -0.284. The summed E-state index contributed by atoms with van der Waals surface area (Å²) in [4.78, 5) is 43.2. The van der Waals surface area contributed by atoms with Gasteiger partial charge in [-0.05, 0) is 99.3 Å². The van der Waals surface area contributed by atoms with Gasteiger partial charge in [-0.2, -0.15) is 0 Å². The molecule has 0 aliphatic carbocycles. The van der Waals surface area contributed by atoms with Gasteiger partial charge in [0, 0.05) is 55.3 Å². The van der Waals surface area contributed by atoms with Crippen molar-refractivity contribution in [2.75, 3.05) is 119 Å². The zero-order valence-electron chi connectivity index (χ0n) is 70.7. The van der Waals surface area contributed by atoms with Crippen molar-refractivity contribution >= 4 is 23.9 Å². The van der Waals surface area contributed by atoms with E-state index < -0.39 is 0 Å². The van der Waals surface area contributed by atoms with Crippen molar-refractivity contribution in [2.24, 2.45) is 0 Å². The van der Waals surface area contributed by atoms with Crippen LogP contribution >= 0.6 is 0 Å². The minimum absolute atomic E-state index is 0.0706. The largest absolute Gasteiger partial charge is 0.462 e. The third-order valence-corrected chi connectivity index (χ3v) is 16.3. The summed E-state index contributed by atoms with van der Waals surface area (Å²) in [5, 5.41) is 0. The first-order valence-corrected chi connectivity index (χ1v) is 42.0. The predicted molar refractivity (Wildman–Crippen MR) is 432 cm³/mol. The third-order valence-electron chi connectivity index (χ3n) is 16.3. The standard InChI is InChI=1S/C13H26O2.C11H22O2.C11H20O2.C10H20O2.C10H18O2.C9H18O2.C9H16O2.C8H14O2.C6H12O2/c1-3-4-5-6-7-8-9-10-14-11-13(2)12-15-13;1-2-3-4-5-6-7-8-12-9-11-10-13-11;1-4-5-6-7-8-9-13-11(12)10(2)3;1-2-3-4-5-6-7-11-8-10-9-12-10;1-4-5-6-7-8-12-10(11)9(2)3;1-3-4-5-6-10-7-9-8(2)11-9;1-4-5-6-7-11-9(10)8(2)3;1-4-5-6-10-8(9)7(2)3;1-2-3-7-4-6-5-8-6/h3-12H2,1-2H3;11H,2-10H2,1H3;2,4-9H2,1,3H3;10H,2-9H2,1H3;2,4-8H2,1,3H3;8-9H,3-7H2,1-2H3;2,4-7H2,1,3H3;2,4-6H2,1,3H3;6H,2-5H2,1H3. The van der Waals surface area contributed by atoms with Gasteiger partial charge >= 0.3 is 23.9 Å². The van der Waals surface area contributed by atoms with Gasteiger partial charge in [0.25, 0.3) is 0 Å².